The summed E-state index contributed by atoms with van der Waals surface area (Å²) in [7, 11) is 0. The predicted molar refractivity (Wildman–Crippen MR) is 56.3 cm³/mol. The Morgan fingerprint density at radius 1 is 1.64 bits per heavy atom. The molecule has 0 fully saturated rings. The lowest BCUT2D eigenvalue weighted by Gasteiger charge is -2.08. The zero-order valence-electron chi connectivity index (χ0n) is 7.79. The highest BCUT2D eigenvalue weighted by Gasteiger charge is 2.01. The largest absolute Gasteiger partial charge is 0.392 e. The standard InChI is InChI=1S/C10H11ClN2O/c1-7(14)6-13-9-3-2-8(5-12)10(11)4-9/h2-4,7,13-14H,6H2,1H3/t7-/m1/s1. The number of rotatable bonds is 3. The summed E-state index contributed by atoms with van der Waals surface area (Å²) >= 11 is 5.82. The van der Waals surface area contributed by atoms with Crippen LogP contribution in [0.2, 0.25) is 5.02 Å². The number of anilines is 1. The van der Waals surface area contributed by atoms with Crippen molar-refractivity contribution in [2.75, 3.05) is 11.9 Å². The van der Waals surface area contributed by atoms with Crippen molar-refractivity contribution in [2.24, 2.45) is 0 Å². The van der Waals surface area contributed by atoms with Gasteiger partial charge in [-0.05, 0) is 25.1 Å². The Labute approximate surface area is 87.9 Å². The lowest BCUT2D eigenvalue weighted by atomic mass is 10.2. The second kappa shape index (κ2) is 4.85. The number of halogens is 1. The van der Waals surface area contributed by atoms with Crippen LogP contribution >= 0.6 is 11.6 Å². The highest BCUT2D eigenvalue weighted by molar-refractivity contribution is 6.32. The summed E-state index contributed by atoms with van der Waals surface area (Å²) in [5, 5.41) is 21.1. The third-order valence-corrected chi connectivity index (χ3v) is 2.00. The summed E-state index contributed by atoms with van der Waals surface area (Å²) < 4.78 is 0. The molecule has 0 radical (unpaired) electrons. The van der Waals surface area contributed by atoms with E-state index in [0.717, 1.165) is 5.69 Å². The Hall–Kier alpha value is -1.24. The van der Waals surface area contributed by atoms with Gasteiger partial charge in [0.1, 0.15) is 6.07 Å². The molecule has 3 nitrogen and oxygen atoms in total. The normalized spacial score (nSPS) is 11.9. The molecule has 4 heteroatoms. The van der Waals surface area contributed by atoms with Gasteiger partial charge in [-0.3, -0.25) is 0 Å². The maximum Gasteiger partial charge on any atom is 0.101 e. The van der Waals surface area contributed by atoms with Crippen LogP contribution in [-0.4, -0.2) is 17.8 Å². The van der Waals surface area contributed by atoms with E-state index < -0.39 is 6.10 Å². The molecular formula is C10H11ClN2O. The van der Waals surface area contributed by atoms with Crippen LogP contribution in [0.15, 0.2) is 18.2 Å². The number of aliphatic hydroxyl groups excluding tert-OH is 1. The molecular weight excluding hydrogens is 200 g/mol. The van der Waals surface area contributed by atoms with Gasteiger partial charge in [-0.1, -0.05) is 11.6 Å². The Balaban J connectivity index is 2.73. The zero-order chi connectivity index (χ0) is 10.6. The topological polar surface area (TPSA) is 56.0 Å². The number of benzene rings is 1. The molecule has 1 rings (SSSR count). The van der Waals surface area contributed by atoms with Crippen molar-refractivity contribution in [2.45, 2.75) is 13.0 Å². The minimum absolute atomic E-state index is 0.413. The molecule has 0 spiro atoms. The van der Waals surface area contributed by atoms with E-state index in [0.29, 0.717) is 17.1 Å². The third kappa shape index (κ3) is 2.91. The molecule has 14 heavy (non-hydrogen) atoms. The minimum Gasteiger partial charge on any atom is -0.392 e. The Morgan fingerprint density at radius 2 is 2.36 bits per heavy atom. The van der Waals surface area contributed by atoms with E-state index >= 15 is 0 Å². The Bertz CT molecular complexity index is 358. The molecule has 74 valence electrons. The van der Waals surface area contributed by atoms with Crippen molar-refractivity contribution in [1.29, 1.82) is 5.26 Å². The highest BCUT2D eigenvalue weighted by Crippen LogP contribution is 2.19. The van der Waals surface area contributed by atoms with Gasteiger partial charge in [0.15, 0.2) is 0 Å². The van der Waals surface area contributed by atoms with Crippen LogP contribution in [0.25, 0.3) is 0 Å². The minimum atomic E-state index is -0.413. The molecule has 0 aliphatic carbocycles. The van der Waals surface area contributed by atoms with E-state index in [-0.39, 0.29) is 0 Å². The van der Waals surface area contributed by atoms with Gasteiger partial charge >= 0.3 is 0 Å². The SMILES string of the molecule is C[C@@H](O)CNc1ccc(C#N)c(Cl)c1. The summed E-state index contributed by atoms with van der Waals surface area (Å²) in [6, 6.07) is 7.05. The fourth-order valence-electron chi connectivity index (χ4n) is 0.981. The van der Waals surface area contributed by atoms with E-state index in [2.05, 4.69) is 5.32 Å². The van der Waals surface area contributed by atoms with Crippen LogP contribution in [0.5, 0.6) is 0 Å². The first-order valence-corrected chi connectivity index (χ1v) is 4.63. The average molecular weight is 211 g/mol. The number of hydrogen-bond donors (Lipinski definition) is 2. The number of hydrogen-bond acceptors (Lipinski definition) is 3. The average Bonchev–Trinajstić information content (AvgIpc) is 2.15. The smallest absolute Gasteiger partial charge is 0.101 e. The maximum absolute atomic E-state index is 9.04. The first kappa shape index (κ1) is 10.8. The highest BCUT2D eigenvalue weighted by atomic mass is 35.5. The molecule has 1 aromatic carbocycles. The second-order valence-electron chi connectivity index (χ2n) is 3.04. The molecule has 0 amide bonds. The summed E-state index contributed by atoms with van der Waals surface area (Å²) in [5.74, 6) is 0. The van der Waals surface area contributed by atoms with E-state index in [1.54, 1.807) is 25.1 Å². The molecule has 0 bridgehead atoms. The van der Waals surface area contributed by atoms with Gasteiger partial charge in [-0.25, -0.2) is 0 Å². The molecule has 0 aliphatic rings. The second-order valence-corrected chi connectivity index (χ2v) is 3.44. The first-order chi connectivity index (χ1) is 6.63. The van der Waals surface area contributed by atoms with Crippen LogP contribution in [0.3, 0.4) is 0 Å². The molecule has 0 heterocycles. The molecule has 1 atom stereocenters. The summed E-state index contributed by atoms with van der Waals surface area (Å²) in [6.45, 7) is 2.15. The maximum atomic E-state index is 9.04. The van der Waals surface area contributed by atoms with Gasteiger partial charge in [0, 0.05) is 12.2 Å². The molecule has 0 saturated carbocycles. The van der Waals surface area contributed by atoms with Crippen LogP contribution in [0.1, 0.15) is 12.5 Å². The fourth-order valence-corrected chi connectivity index (χ4v) is 1.20. The lowest BCUT2D eigenvalue weighted by molar-refractivity contribution is 0.208. The third-order valence-electron chi connectivity index (χ3n) is 1.69. The van der Waals surface area contributed by atoms with Gasteiger partial charge in [0.2, 0.25) is 0 Å². The van der Waals surface area contributed by atoms with E-state index in [1.165, 1.54) is 0 Å². The van der Waals surface area contributed by atoms with Crippen molar-refractivity contribution in [1.82, 2.24) is 0 Å². The summed E-state index contributed by atoms with van der Waals surface area (Å²) in [6.07, 6.45) is -0.413. The fraction of sp³-hybridized carbons (Fsp3) is 0.300. The van der Waals surface area contributed by atoms with Gasteiger partial charge in [0.05, 0.1) is 16.7 Å². The predicted octanol–water partition coefficient (Wildman–Crippen LogP) is 2.00. The molecule has 0 aromatic heterocycles. The van der Waals surface area contributed by atoms with E-state index in [1.807, 2.05) is 6.07 Å². The van der Waals surface area contributed by atoms with Crippen LogP contribution in [-0.2, 0) is 0 Å². The van der Waals surface area contributed by atoms with Gasteiger partial charge in [-0.15, -0.1) is 0 Å². The number of nitriles is 1. The van der Waals surface area contributed by atoms with Crippen LogP contribution < -0.4 is 5.32 Å². The van der Waals surface area contributed by atoms with E-state index in [4.69, 9.17) is 22.0 Å². The monoisotopic (exact) mass is 210 g/mol. The molecule has 0 unspecified atom stereocenters. The van der Waals surface area contributed by atoms with Crippen molar-refractivity contribution in [3.8, 4) is 6.07 Å². The Kier molecular flexibility index (Phi) is 3.75. The molecule has 1 aromatic rings. The lowest BCUT2D eigenvalue weighted by Crippen LogP contribution is -2.15. The summed E-state index contributed by atoms with van der Waals surface area (Å²) in [5.41, 5.74) is 1.25. The number of nitrogens with one attached hydrogen (secondary N) is 1. The van der Waals surface area contributed by atoms with Crippen molar-refractivity contribution in [3.63, 3.8) is 0 Å². The van der Waals surface area contributed by atoms with Crippen LogP contribution in [0, 0.1) is 11.3 Å². The number of aliphatic hydroxyl groups is 1. The summed E-state index contributed by atoms with van der Waals surface area (Å²) in [4.78, 5) is 0. The molecule has 0 aliphatic heterocycles. The number of nitrogens with zero attached hydrogens (tertiary/aromatic N) is 1. The Morgan fingerprint density at radius 3 is 2.86 bits per heavy atom. The van der Waals surface area contributed by atoms with Gasteiger partial charge in [-0.2, -0.15) is 5.26 Å². The molecule has 0 saturated heterocycles. The van der Waals surface area contributed by atoms with Crippen molar-refractivity contribution < 1.29 is 5.11 Å². The van der Waals surface area contributed by atoms with Gasteiger partial charge < -0.3 is 10.4 Å². The van der Waals surface area contributed by atoms with Crippen LogP contribution in [0.4, 0.5) is 5.69 Å². The van der Waals surface area contributed by atoms with E-state index in [9.17, 15) is 0 Å². The zero-order valence-corrected chi connectivity index (χ0v) is 8.54. The molecule has 2 N–H and O–H groups in total. The van der Waals surface area contributed by atoms with Crippen molar-refractivity contribution >= 4 is 17.3 Å². The van der Waals surface area contributed by atoms with Crippen molar-refractivity contribution in [3.05, 3.63) is 28.8 Å². The first-order valence-electron chi connectivity index (χ1n) is 4.25. The van der Waals surface area contributed by atoms with Gasteiger partial charge in [0.25, 0.3) is 0 Å². The quantitative estimate of drug-likeness (QED) is 0.803.